The molecular weight excluding hydrogens is 156 g/mol. The van der Waals surface area contributed by atoms with E-state index in [9.17, 15) is 4.79 Å². The highest BCUT2D eigenvalue weighted by Gasteiger charge is 2.25. The van der Waals surface area contributed by atoms with Crippen molar-refractivity contribution in [1.82, 2.24) is 0 Å². The van der Waals surface area contributed by atoms with E-state index < -0.39 is 0 Å². The fraction of sp³-hybridized carbons (Fsp3) is 0.667. The summed E-state index contributed by atoms with van der Waals surface area (Å²) in [5, 5.41) is 8.94. The van der Waals surface area contributed by atoms with Gasteiger partial charge in [0, 0.05) is 18.9 Å². The molecule has 68 valence electrons. The van der Waals surface area contributed by atoms with Crippen molar-refractivity contribution in [1.29, 1.82) is 0 Å². The molecule has 3 nitrogen and oxygen atoms in total. The molecule has 1 rings (SSSR count). The molecule has 0 aromatic carbocycles. The van der Waals surface area contributed by atoms with E-state index in [4.69, 9.17) is 9.84 Å². The summed E-state index contributed by atoms with van der Waals surface area (Å²) in [6, 6.07) is 0. The zero-order chi connectivity index (χ0) is 8.97. The van der Waals surface area contributed by atoms with Gasteiger partial charge in [0.05, 0.1) is 6.61 Å². The number of hydrogen-bond acceptors (Lipinski definition) is 3. The Labute approximate surface area is 72.0 Å². The van der Waals surface area contributed by atoms with Crippen LogP contribution in [0.15, 0.2) is 12.7 Å². The van der Waals surface area contributed by atoms with E-state index in [-0.39, 0.29) is 24.4 Å². The van der Waals surface area contributed by atoms with Crippen LogP contribution in [0.4, 0.5) is 0 Å². The Morgan fingerprint density at radius 3 is 3.08 bits per heavy atom. The summed E-state index contributed by atoms with van der Waals surface area (Å²) in [6.07, 6.45) is 2.96. The van der Waals surface area contributed by atoms with Crippen LogP contribution in [0.1, 0.15) is 12.8 Å². The molecule has 0 amide bonds. The van der Waals surface area contributed by atoms with E-state index in [0.29, 0.717) is 13.0 Å². The molecule has 0 saturated carbocycles. The fourth-order valence-corrected chi connectivity index (χ4v) is 1.48. The van der Waals surface area contributed by atoms with Gasteiger partial charge in [-0.15, -0.1) is 6.58 Å². The third-order valence-corrected chi connectivity index (χ3v) is 2.30. The maximum absolute atomic E-state index is 10.9. The lowest BCUT2D eigenvalue weighted by Gasteiger charge is -2.25. The maximum Gasteiger partial charge on any atom is 0.306 e. The smallest absolute Gasteiger partial charge is 0.306 e. The summed E-state index contributed by atoms with van der Waals surface area (Å²) in [4.78, 5) is 10.9. The van der Waals surface area contributed by atoms with Gasteiger partial charge in [0.1, 0.15) is 0 Å². The maximum atomic E-state index is 10.9. The Balaban J connectivity index is 2.48. The Hall–Kier alpha value is -0.830. The number of aliphatic hydroxyl groups is 1. The van der Waals surface area contributed by atoms with Gasteiger partial charge in [0.2, 0.25) is 0 Å². The molecule has 1 aliphatic heterocycles. The molecule has 12 heavy (non-hydrogen) atoms. The van der Waals surface area contributed by atoms with Gasteiger partial charge in [0.15, 0.2) is 0 Å². The summed E-state index contributed by atoms with van der Waals surface area (Å²) in [5.74, 6) is 0.0955. The van der Waals surface area contributed by atoms with Crippen LogP contribution in [0, 0.1) is 11.8 Å². The summed E-state index contributed by atoms with van der Waals surface area (Å²) in [7, 11) is 0. The van der Waals surface area contributed by atoms with E-state index in [1.54, 1.807) is 6.08 Å². The molecule has 0 spiro atoms. The van der Waals surface area contributed by atoms with E-state index >= 15 is 0 Å². The van der Waals surface area contributed by atoms with Gasteiger partial charge < -0.3 is 9.84 Å². The lowest BCUT2D eigenvalue weighted by molar-refractivity contribution is -0.150. The first-order chi connectivity index (χ1) is 5.77. The molecule has 0 bridgehead atoms. The second-order valence-corrected chi connectivity index (χ2v) is 3.06. The van der Waals surface area contributed by atoms with Crippen molar-refractivity contribution in [2.24, 2.45) is 11.8 Å². The zero-order valence-electron chi connectivity index (χ0n) is 7.03. The van der Waals surface area contributed by atoms with Crippen molar-refractivity contribution in [2.45, 2.75) is 12.8 Å². The van der Waals surface area contributed by atoms with Gasteiger partial charge in [0.25, 0.3) is 0 Å². The fourth-order valence-electron chi connectivity index (χ4n) is 1.48. The molecule has 0 aliphatic carbocycles. The van der Waals surface area contributed by atoms with Gasteiger partial charge in [-0.05, 0) is 12.3 Å². The largest absolute Gasteiger partial charge is 0.466 e. The Kier molecular flexibility index (Phi) is 3.29. The SMILES string of the molecule is C=C[C@H](CO)[C@H]1CCOC(=O)C1. The lowest BCUT2D eigenvalue weighted by Crippen LogP contribution is -2.27. The van der Waals surface area contributed by atoms with Crippen molar-refractivity contribution in [3.8, 4) is 0 Å². The Morgan fingerprint density at radius 2 is 2.58 bits per heavy atom. The lowest BCUT2D eigenvalue weighted by atomic mass is 9.86. The average Bonchev–Trinajstić information content (AvgIpc) is 2.07. The molecule has 0 unspecified atom stereocenters. The van der Waals surface area contributed by atoms with Gasteiger partial charge in [-0.25, -0.2) is 0 Å². The van der Waals surface area contributed by atoms with Crippen molar-refractivity contribution >= 4 is 5.97 Å². The molecule has 3 heteroatoms. The predicted molar refractivity (Wildman–Crippen MR) is 44.5 cm³/mol. The van der Waals surface area contributed by atoms with Crippen molar-refractivity contribution < 1.29 is 14.6 Å². The second kappa shape index (κ2) is 4.26. The first-order valence-electron chi connectivity index (χ1n) is 4.17. The molecule has 1 saturated heterocycles. The number of rotatable bonds is 3. The molecule has 1 aliphatic rings. The van der Waals surface area contributed by atoms with Crippen molar-refractivity contribution in [2.75, 3.05) is 13.2 Å². The molecule has 0 radical (unpaired) electrons. The number of hydrogen-bond donors (Lipinski definition) is 1. The third kappa shape index (κ3) is 2.08. The predicted octanol–water partition coefficient (Wildman–Crippen LogP) is 0.734. The van der Waals surface area contributed by atoms with Crippen molar-refractivity contribution in [3.63, 3.8) is 0 Å². The topological polar surface area (TPSA) is 46.5 Å². The first-order valence-corrected chi connectivity index (χ1v) is 4.17. The highest BCUT2D eigenvalue weighted by Crippen LogP contribution is 2.24. The molecule has 1 N–H and O–H groups in total. The van der Waals surface area contributed by atoms with Crippen LogP contribution in [0.5, 0.6) is 0 Å². The van der Waals surface area contributed by atoms with Crippen LogP contribution >= 0.6 is 0 Å². The molecule has 0 aromatic rings. The minimum atomic E-state index is -0.161. The van der Waals surface area contributed by atoms with Gasteiger partial charge in [-0.1, -0.05) is 6.08 Å². The third-order valence-electron chi connectivity index (χ3n) is 2.30. The van der Waals surface area contributed by atoms with Crippen LogP contribution in [-0.2, 0) is 9.53 Å². The first kappa shape index (κ1) is 9.26. The van der Waals surface area contributed by atoms with Gasteiger partial charge in [-0.3, -0.25) is 4.79 Å². The average molecular weight is 170 g/mol. The van der Waals surface area contributed by atoms with E-state index in [2.05, 4.69) is 6.58 Å². The number of aliphatic hydroxyl groups excluding tert-OH is 1. The minimum Gasteiger partial charge on any atom is -0.466 e. The van der Waals surface area contributed by atoms with Crippen LogP contribution in [-0.4, -0.2) is 24.3 Å². The van der Waals surface area contributed by atoms with Crippen LogP contribution < -0.4 is 0 Å². The van der Waals surface area contributed by atoms with Crippen molar-refractivity contribution in [3.05, 3.63) is 12.7 Å². The van der Waals surface area contributed by atoms with Crippen LogP contribution in [0.25, 0.3) is 0 Å². The molecule has 2 atom stereocenters. The van der Waals surface area contributed by atoms with E-state index in [1.807, 2.05) is 0 Å². The summed E-state index contributed by atoms with van der Waals surface area (Å²) in [5.41, 5.74) is 0. The summed E-state index contributed by atoms with van der Waals surface area (Å²) < 4.78 is 4.79. The monoisotopic (exact) mass is 170 g/mol. The Morgan fingerprint density at radius 1 is 1.83 bits per heavy atom. The highest BCUT2D eigenvalue weighted by molar-refractivity contribution is 5.70. The number of carbonyl (C=O) groups excluding carboxylic acids is 1. The van der Waals surface area contributed by atoms with Gasteiger partial charge in [-0.2, -0.15) is 0 Å². The number of esters is 1. The molecule has 0 aromatic heterocycles. The minimum absolute atomic E-state index is 0.0397. The number of cyclic esters (lactones) is 1. The van der Waals surface area contributed by atoms with E-state index in [1.165, 1.54) is 0 Å². The number of carbonyl (C=O) groups is 1. The van der Waals surface area contributed by atoms with Gasteiger partial charge >= 0.3 is 5.97 Å². The highest BCUT2D eigenvalue weighted by atomic mass is 16.5. The molecule has 1 heterocycles. The van der Waals surface area contributed by atoms with Crippen LogP contribution in [0.2, 0.25) is 0 Å². The summed E-state index contributed by atoms with van der Waals surface area (Å²) in [6.45, 7) is 4.17. The molecule has 1 fully saturated rings. The molecular formula is C9H14O3. The quantitative estimate of drug-likeness (QED) is 0.502. The van der Waals surface area contributed by atoms with Crippen LogP contribution in [0.3, 0.4) is 0 Å². The number of ether oxygens (including phenoxy) is 1. The Bertz CT molecular complexity index is 177. The summed E-state index contributed by atoms with van der Waals surface area (Å²) >= 11 is 0. The normalized spacial score (nSPS) is 26.1. The standard InChI is InChI=1S/C9H14O3/c1-2-7(6-10)8-3-4-12-9(11)5-8/h2,7-8,10H,1,3-6H2/t7-,8+/m1/s1. The van der Waals surface area contributed by atoms with E-state index in [0.717, 1.165) is 6.42 Å². The zero-order valence-corrected chi connectivity index (χ0v) is 7.03. The second-order valence-electron chi connectivity index (χ2n) is 3.06.